The molecule has 0 aliphatic heterocycles. The predicted molar refractivity (Wildman–Crippen MR) is 230 cm³/mol. The normalized spacial score (nSPS) is 14.5. The minimum absolute atomic E-state index is 0.0702. The first-order valence-corrected chi connectivity index (χ1v) is 23.5. The van der Waals surface area contributed by atoms with Crippen molar-refractivity contribution in [2.45, 2.75) is 60.7 Å². The van der Waals surface area contributed by atoms with Gasteiger partial charge in [0.05, 0.1) is 46.1 Å². The van der Waals surface area contributed by atoms with Crippen molar-refractivity contribution in [3.63, 3.8) is 0 Å². The first kappa shape index (κ1) is 56.9. The number of hydrogen-bond acceptors (Lipinski definition) is 14. The number of halogens is 7. The number of aliphatic hydroxyl groups is 5. The number of benzene rings is 3. The highest BCUT2D eigenvalue weighted by Gasteiger charge is 2.27. The molecule has 0 saturated carbocycles. The lowest BCUT2D eigenvalue weighted by molar-refractivity contribution is -0.384. The van der Waals surface area contributed by atoms with E-state index in [4.69, 9.17) is 74.7 Å². The zero-order valence-electron chi connectivity index (χ0n) is 32.1. The van der Waals surface area contributed by atoms with Gasteiger partial charge in [0.25, 0.3) is 23.4 Å². The van der Waals surface area contributed by atoms with Crippen LogP contribution in [-0.2, 0) is 34.1 Å². The molecule has 6 atom stereocenters. The van der Waals surface area contributed by atoms with E-state index in [0.29, 0.717) is 11.1 Å². The van der Waals surface area contributed by atoms with Crippen LogP contribution in [-0.4, -0.2) is 130 Å². The fourth-order valence-electron chi connectivity index (χ4n) is 4.70. The fraction of sp³-hybridized carbons (Fsp3) is 0.400. The van der Waals surface area contributed by atoms with Gasteiger partial charge in [0, 0.05) is 24.6 Å². The molecule has 3 aromatic rings. The van der Waals surface area contributed by atoms with E-state index in [1.807, 2.05) is 0 Å². The van der Waals surface area contributed by atoms with E-state index in [1.54, 1.807) is 0 Å². The van der Waals surface area contributed by atoms with Crippen molar-refractivity contribution >= 4 is 113 Å². The lowest BCUT2D eigenvalue weighted by Crippen LogP contribution is -2.44. The molecule has 3 aromatic carbocycles. The Morgan fingerprint density at radius 2 is 0.839 bits per heavy atom. The van der Waals surface area contributed by atoms with Gasteiger partial charge >= 0.3 is 0 Å². The molecule has 0 unspecified atom stereocenters. The summed E-state index contributed by atoms with van der Waals surface area (Å²) in [5.41, 5.74) is 0.760. The molecule has 346 valence electrons. The highest BCUT2D eigenvalue weighted by atomic mass is 35.5. The molecule has 3 rings (SSSR count). The minimum atomic E-state index is -3.36. The Balaban J connectivity index is 0.000000465. The van der Waals surface area contributed by atoms with Crippen molar-refractivity contribution in [1.82, 2.24) is 16.0 Å². The Bertz CT molecular complexity index is 2040. The number of nitrogens with one attached hydrogen (secondary N) is 3. The van der Waals surface area contributed by atoms with E-state index in [-0.39, 0.29) is 21.0 Å². The third-order valence-electron chi connectivity index (χ3n) is 8.03. The molecular weight excluding hydrogens is 996 g/mol. The number of amides is 3. The van der Waals surface area contributed by atoms with Crippen LogP contribution >= 0.6 is 69.6 Å². The zero-order chi connectivity index (χ0) is 47.7. The summed E-state index contributed by atoms with van der Waals surface area (Å²) in [7, 11) is -6.70. The van der Waals surface area contributed by atoms with Gasteiger partial charge in [0.2, 0.25) is 0 Å². The van der Waals surface area contributed by atoms with Gasteiger partial charge in [-0.2, -0.15) is 0 Å². The molecule has 27 heteroatoms. The molecule has 0 heterocycles. The summed E-state index contributed by atoms with van der Waals surface area (Å²) in [5, 5.41) is 65.7. The monoisotopic (exact) mass is 1030 g/mol. The molecule has 3 amide bonds. The van der Waals surface area contributed by atoms with Crippen LogP contribution < -0.4 is 16.0 Å². The van der Waals surface area contributed by atoms with E-state index < -0.39 is 113 Å². The summed E-state index contributed by atoms with van der Waals surface area (Å²) in [6, 6.07) is 12.5. The molecule has 18 nitrogen and oxygen atoms in total. The summed E-state index contributed by atoms with van der Waals surface area (Å²) in [5.74, 6) is -2.33. The Labute approximate surface area is 385 Å². The van der Waals surface area contributed by atoms with Crippen LogP contribution in [0.1, 0.15) is 35.0 Å². The third kappa shape index (κ3) is 18.9. The lowest BCUT2D eigenvalue weighted by atomic mass is 10.0. The van der Waals surface area contributed by atoms with Crippen molar-refractivity contribution in [1.29, 1.82) is 0 Å². The van der Waals surface area contributed by atoms with Crippen LogP contribution in [0.4, 0.5) is 10.1 Å². The van der Waals surface area contributed by atoms with Crippen molar-refractivity contribution in [3.05, 3.63) is 99.6 Å². The number of sulfone groups is 2. The number of non-ortho nitro benzene ring substituents is 1. The molecule has 0 aliphatic carbocycles. The van der Waals surface area contributed by atoms with E-state index in [2.05, 4.69) is 16.0 Å². The number of aliphatic hydroxyl groups excluding tert-OH is 5. The maximum absolute atomic E-state index is 12.9. The van der Waals surface area contributed by atoms with Crippen molar-refractivity contribution in [2.24, 2.45) is 0 Å². The van der Waals surface area contributed by atoms with Crippen molar-refractivity contribution < 1.29 is 66.1 Å². The Morgan fingerprint density at radius 1 is 0.581 bits per heavy atom. The van der Waals surface area contributed by atoms with Gasteiger partial charge < -0.3 is 41.5 Å². The van der Waals surface area contributed by atoms with Gasteiger partial charge in [-0.25, -0.2) is 21.2 Å². The lowest BCUT2D eigenvalue weighted by Gasteiger charge is -2.23. The molecular formula is C35H41Cl6FN4O14S2. The minimum Gasteiger partial charge on any atom is -0.394 e. The van der Waals surface area contributed by atoms with Crippen LogP contribution in [0.3, 0.4) is 0 Å². The van der Waals surface area contributed by atoms with E-state index in [1.165, 1.54) is 72.8 Å². The Kier molecular flexibility index (Phi) is 24.4. The second-order valence-corrected chi connectivity index (χ2v) is 20.0. The summed E-state index contributed by atoms with van der Waals surface area (Å²) < 4.78 is 58.2. The molecule has 0 radical (unpaired) electrons. The summed E-state index contributed by atoms with van der Waals surface area (Å²) in [6.07, 6.45) is -1.74. The first-order valence-electron chi connectivity index (χ1n) is 17.1. The second kappa shape index (κ2) is 26.6. The maximum Gasteiger partial charge on any atom is 0.269 e. The standard InChI is InChI=1S/C12H14Cl2FNO4S.C12H15Cl2NO5S.C11H12Cl2N2O5/c1-21(19,20)8-4-2-7(3-5-8)10(17)9(6-15)16-12(18)11(13)14;1-21(19,20)8-4-2-7(3-5-8)10(17)9(6-16)15-12(18)11(13)14;12-10(13)11(18)14-8(5-16)9(17)6-1-3-7(4-2-6)15(19)20/h2-5,9-11,17H,6H2,1H3,(H,16,18);2-5,9-11,16-17H,6H2,1H3,(H,15,18);1-4,8-10,16-17H,5H2,(H,14,18)/t2*9-,10-;8-,9-/m111/s1. The SMILES string of the molecule is CS(=O)(=O)c1ccc([C@@H](O)[C@@H](CF)NC(=O)C(Cl)Cl)cc1.CS(=O)(=O)c1ccc([C@@H](O)[C@@H](CO)NC(=O)C(Cl)Cl)cc1.O=C(N[C@H](CO)[C@H](O)c1ccc([N+](=O)[O-])cc1)C(Cl)Cl. The summed E-state index contributed by atoms with van der Waals surface area (Å²) in [6.45, 7) is -2.13. The predicted octanol–water partition coefficient (Wildman–Crippen LogP) is 2.69. The number of rotatable bonds is 18. The average Bonchev–Trinajstić information content (AvgIpc) is 3.22. The van der Waals surface area contributed by atoms with Crippen LogP contribution in [0.15, 0.2) is 82.6 Å². The number of nitro groups is 1. The number of hydrogen-bond donors (Lipinski definition) is 8. The molecule has 0 saturated heterocycles. The van der Waals surface area contributed by atoms with Gasteiger partial charge in [-0.05, 0) is 53.1 Å². The summed E-state index contributed by atoms with van der Waals surface area (Å²) >= 11 is 32.1. The molecule has 8 N–H and O–H groups in total. The van der Waals surface area contributed by atoms with Crippen LogP contribution in [0.2, 0.25) is 0 Å². The number of nitrogens with zero attached hydrogens (tertiary/aromatic N) is 1. The van der Waals surface area contributed by atoms with Gasteiger partial charge in [-0.1, -0.05) is 93.9 Å². The van der Waals surface area contributed by atoms with Crippen LogP contribution in [0, 0.1) is 10.1 Å². The molecule has 62 heavy (non-hydrogen) atoms. The van der Waals surface area contributed by atoms with Gasteiger partial charge in [0.15, 0.2) is 34.2 Å². The average molecular weight is 1040 g/mol. The molecule has 0 fully saturated rings. The van der Waals surface area contributed by atoms with Crippen molar-refractivity contribution in [2.75, 3.05) is 32.4 Å². The van der Waals surface area contributed by atoms with E-state index >= 15 is 0 Å². The molecule has 0 bridgehead atoms. The maximum atomic E-state index is 12.9. The zero-order valence-corrected chi connectivity index (χ0v) is 38.2. The fourth-order valence-corrected chi connectivity index (χ4v) is 6.34. The quantitative estimate of drug-likeness (QED) is 0.0517. The highest BCUT2D eigenvalue weighted by molar-refractivity contribution is 7.91. The Hall–Kier alpha value is -3.16. The molecule has 0 aliphatic rings. The number of carbonyl (C=O) groups is 3. The van der Waals surface area contributed by atoms with Crippen molar-refractivity contribution in [3.8, 4) is 0 Å². The molecule has 0 aromatic heterocycles. The van der Waals surface area contributed by atoms with Gasteiger partial charge in [0.1, 0.15) is 25.0 Å². The highest BCUT2D eigenvalue weighted by Crippen LogP contribution is 2.23. The largest absolute Gasteiger partial charge is 0.394 e. The third-order valence-corrected chi connectivity index (χ3v) is 11.5. The molecule has 0 spiro atoms. The number of carbonyl (C=O) groups excluding carboxylic acids is 3. The van der Waals surface area contributed by atoms with E-state index in [9.17, 15) is 66.2 Å². The van der Waals surface area contributed by atoms with Gasteiger partial charge in [-0.3, -0.25) is 24.5 Å². The van der Waals surface area contributed by atoms with E-state index in [0.717, 1.165) is 12.5 Å². The first-order chi connectivity index (χ1) is 28.7. The number of alkyl halides is 7. The van der Waals surface area contributed by atoms with Crippen LogP contribution in [0.25, 0.3) is 0 Å². The van der Waals surface area contributed by atoms with Gasteiger partial charge in [-0.15, -0.1) is 0 Å². The smallest absolute Gasteiger partial charge is 0.269 e. The number of nitro benzene ring substituents is 1. The topological polar surface area (TPSA) is 300 Å². The summed E-state index contributed by atoms with van der Waals surface area (Å²) in [4.78, 5) is 40.0. The van der Waals surface area contributed by atoms with Crippen LogP contribution in [0.5, 0.6) is 0 Å². The second-order valence-electron chi connectivity index (χ2n) is 12.6. The Morgan fingerprint density at radius 3 is 1.06 bits per heavy atom.